The second kappa shape index (κ2) is 6.17. The number of benzene rings is 1. The molecule has 0 amide bonds. The maximum atomic E-state index is 10.9. The Hall–Kier alpha value is -1.39. The average molecular weight is 262 g/mol. The zero-order valence-electron chi connectivity index (χ0n) is 11.2. The lowest BCUT2D eigenvalue weighted by atomic mass is 9.88. The highest BCUT2D eigenvalue weighted by molar-refractivity contribution is 5.68. The van der Waals surface area contributed by atoms with E-state index in [-0.39, 0.29) is 6.42 Å². The summed E-state index contributed by atoms with van der Waals surface area (Å²) in [5, 5.41) is 8.93. The molecule has 1 heterocycles. The Kier molecular flexibility index (Phi) is 4.56. The zero-order valence-corrected chi connectivity index (χ0v) is 11.2. The highest BCUT2D eigenvalue weighted by Crippen LogP contribution is 2.24. The Morgan fingerprint density at radius 2 is 2.00 bits per heavy atom. The van der Waals surface area contributed by atoms with Gasteiger partial charge < -0.3 is 10.8 Å². The van der Waals surface area contributed by atoms with E-state index in [1.807, 2.05) is 18.2 Å². The zero-order chi connectivity index (χ0) is 13.7. The van der Waals surface area contributed by atoms with E-state index in [9.17, 15) is 4.79 Å². The molecule has 104 valence electrons. The second-order valence-corrected chi connectivity index (χ2v) is 5.55. The normalized spacial score (nSPS) is 24.9. The number of hydrogen-bond acceptors (Lipinski definition) is 3. The van der Waals surface area contributed by atoms with Crippen LogP contribution in [-0.4, -0.2) is 34.6 Å². The first-order valence-corrected chi connectivity index (χ1v) is 6.84. The summed E-state index contributed by atoms with van der Waals surface area (Å²) in [6.07, 6.45) is 2.60. The molecule has 1 aromatic carbocycles. The smallest absolute Gasteiger partial charge is 0.305 e. The molecule has 0 spiro atoms. The first-order valence-electron chi connectivity index (χ1n) is 6.84. The fourth-order valence-corrected chi connectivity index (χ4v) is 2.75. The van der Waals surface area contributed by atoms with Crippen molar-refractivity contribution in [1.82, 2.24) is 4.90 Å². The summed E-state index contributed by atoms with van der Waals surface area (Å²) in [7, 11) is 0. The number of hydrogen-bond donors (Lipinski definition) is 2. The van der Waals surface area contributed by atoms with E-state index in [0.717, 1.165) is 38.9 Å². The molecule has 1 aliphatic rings. The molecule has 4 nitrogen and oxygen atoms in total. The molecular formula is C15H22N2O2. The van der Waals surface area contributed by atoms with Crippen LogP contribution < -0.4 is 5.73 Å². The van der Waals surface area contributed by atoms with Crippen LogP contribution in [0.25, 0.3) is 0 Å². The Morgan fingerprint density at radius 3 is 2.68 bits per heavy atom. The van der Waals surface area contributed by atoms with Gasteiger partial charge in [0.2, 0.25) is 0 Å². The summed E-state index contributed by atoms with van der Waals surface area (Å²) in [6.45, 7) is 2.79. The van der Waals surface area contributed by atoms with Crippen molar-refractivity contribution in [3.63, 3.8) is 0 Å². The number of rotatable bonds is 4. The van der Waals surface area contributed by atoms with Crippen LogP contribution in [-0.2, 0) is 11.3 Å². The summed E-state index contributed by atoms with van der Waals surface area (Å²) in [5.41, 5.74) is 6.97. The van der Waals surface area contributed by atoms with Gasteiger partial charge in [0.05, 0.1) is 6.42 Å². The third-order valence-electron chi connectivity index (χ3n) is 3.83. The lowest BCUT2D eigenvalue weighted by Crippen LogP contribution is -2.42. The van der Waals surface area contributed by atoms with Crippen molar-refractivity contribution in [2.75, 3.05) is 13.1 Å². The van der Waals surface area contributed by atoms with Gasteiger partial charge >= 0.3 is 5.97 Å². The van der Waals surface area contributed by atoms with Crippen LogP contribution in [0.5, 0.6) is 0 Å². The predicted octanol–water partition coefficient (Wildman–Crippen LogP) is 1.84. The van der Waals surface area contributed by atoms with E-state index < -0.39 is 11.5 Å². The van der Waals surface area contributed by atoms with Crippen LogP contribution in [0.4, 0.5) is 0 Å². The first kappa shape index (κ1) is 14.0. The van der Waals surface area contributed by atoms with E-state index in [4.69, 9.17) is 10.8 Å². The lowest BCUT2D eigenvalue weighted by Gasteiger charge is -2.26. The molecule has 3 N–H and O–H groups in total. The molecule has 1 saturated heterocycles. The Morgan fingerprint density at radius 1 is 1.26 bits per heavy atom. The third kappa shape index (κ3) is 4.33. The van der Waals surface area contributed by atoms with Crippen LogP contribution in [0.1, 0.15) is 31.2 Å². The van der Waals surface area contributed by atoms with Crippen molar-refractivity contribution in [2.24, 2.45) is 5.73 Å². The van der Waals surface area contributed by atoms with Gasteiger partial charge in [-0.3, -0.25) is 9.69 Å². The predicted molar refractivity (Wildman–Crippen MR) is 74.7 cm³/mol. The van der Waals surface area contributed by atoms with Crippen LogP contribution in [0.2, 0.25) is 0 Å². The topological polar surface area (TPSA) is 66.6 Å². The summed E-state index contributed by atoms with van der Waals surface area (Å²) in [6, 6.07) is 10.4. The first-order chi connectivity index (χ1) is 9.07. The second-order valence-electron chi connectivity index (χ2n) is 5.55. The summed E-state index contributed by atoms with van der Waals surface area (Å²) < 4.78 is 0. The SMILES string of the molecule is NC1(CC(=O)O)CCCN(Cc2ccccc2)CC1. The van der Waals surface area contributed by atoms with E-state index in [1.165, 1.54) is 5.56 Å². The Bertz CT molecular complexity index is 421. The minimum absolute atomic E-state index is 0.0756. The molecule has 0 aromatic heterocycles. The summed E-state index contributed by atoms with van der Waals surface area (Å²) in [4.78, 5) is 13.2. The number of carboxylic acid groups (broad SMARTS) is 1. The molecular weight excluding hydrogens is 240 g/mol. The summed E-state index contributed by atoms with van der Waals surface area (Å²) in [5.74, 6) is -0.793. The molecule has 1 aromatic rings. The molecule has 0 aliphatic carbocycles. The highest BCUT2D eigenvalue weighted by atomic mass is 16.4. The maximum absolute atomic E-state index is 10.9. The van der Waals surface area contributed by atoms with E-state index in [2.05, 4.69) is 17.0 Å². The number of carbonyl (C=O) groups is 1. The van der Waals surface area contributed by atoms with Gasteiger partial charge in [-0.15, -0.1) is 0 Å². The van der Waals surface area contributed by atoms with Crippen molar-refractivity contribution in [2.45, 2.75) is 37.8 Å². The molecule has 0 radical (unpaired) electrons. The van der Waals surface area contributed by atoms with Gasteiger partial charge in [0.15, 0.2) is 0 Å². The van der Waals surface area contributed by atoms with Crippen molar-refractivity contribution in [3.8, 4) is 0 Å². The molecule has 1 fully saturated rings. The van der Waals surface area contributed by atoms with E-state index >= 15 is 0 Å². The van der Waals surface area contributed by atoms with Gasteiger partial charge in [-0.1, -0.05) is 30.3 Å². The van der Waals surface area contributed by atoms with Gasteiger partial charge in [0, 0.05) is 18.6 Å². The van der Waals surface area contributed by atoms with Gasteiger partial charge in [-0.2, -0.15) is 0 Å². The summed E-state index contributed by atoms with van der Waals surface area (Å²) >= 11 is 0. The highest BCUT2D eigenvalue weighted by Gasteiger charge is 2.30. The number of likely N-dealkylation sites (tertiary alicyclic amines) is 1. The van der Waals surface area contributed by atoms with E-state index in [0.29, 0.717) is 0 Å². The Balaban J connectivity index is 1.91. The third-order valence-corrected chi connectivity index (χ3v) is 3.83. The number of nitrogens with two attached hydrogens (primary N) is 1. The van der Waals surface area contributed by atoms with Crippen molar-refractivity contribution in [1.29, 1.82) is 0 Å². The van der Waals surface area contributed by atoms with Crippen molar-refractivity contribution >= 4 is 5.97 Å². The van der Waals surface area contributed by atoms with Gasteiger partial charge in [-0.05, 0) is 31.4 Å². The molecule has 1 unspecified atom stereocenters. The minimum atomic E-state index is -0.793. The minimum Gasteiger partial charge on any atom is -0.481 e. The largest absolute Gasteiger partial charge is 0.481 e. The average Bonchev–Trinajstić information content (AvgIpc) is 2.52. The Labute approximate surface area is 114 Å². The van der Waals surface area contributed by atoms with Crippen LogP contribution in [0.3, 0.4) is 0 Å². The van der Waals surface area contributed by atoms with Crippen LogP contribution in [0, 0.1) is 0 Å². The quantitative estimate of drug-likeness (QED) is 0.869. The number of aliphatic carboxylic acids is 1. The molecule has 4 heteroatoms. The molecule has 1 atom stereocenters. The number of carboxylic acids is 1. The van der Waals surface area contributed by atoms with E-state index in [1.54, 1.807) is 0 Å². The molecule has 2 rings (SSSR count). The van der Waals surface area contributed by atoms with Gasteiger partial charge in [0.25, 0.3) is 0 Å². The maximum Gasteiger partial charge on any atom is 0.305 e. The number of nitrogens with zero attached hydrogens (tertiary/aromatic N) is 1. The van der Waals surface area contributed by atoms with Crippen LogP contribution >= 0.6 is 0 Å². The standard InChI is InChI=1S/C15H22N2O2/c16-15(11-14(18)19)7-4-9-17(10-8-15)12-13-5-2-1-3-6-13/h1-3,5-6H,4,7-12,16H2,(H,18,19). The fourth-order valence-electron chi connectivity index (χ4n) is 2.75. The van der Waals surface area contributed by atoms with Gasteiger partial charge in [0.1, 0.15) is 0 Å². The molecule has 19 heavy (non-hydrogen) atoms. The van der Waals surface area contributed by atoms with Crippen molar-refractivity contribution in [3.05, 3.63) is 35.9 Å². The molecule has 1 aliphatic heterocycles. The fraction of sp³-hybridized carbons (Fsp3) is 0.533. The van der Waals surface area contributed by atoms with Gasteiger partial charge in [-0.25, -0.2) is 0 Å². The lowest BCUT2D eigenvalue weighted by molar-refractivity contribution is -0.138. The monoisotopic (exact) mass is 262 g/mol. The molecule has 0 bridgehead atoms. The van der Waals surface area contributed by atoms with Crippen LogP contribution in [0.15, 0.2) is 30.3 Å². The van der Waals surface area contributed by atoms with Crippen molar-refractivity contribution < 1.29 is 9.90 Å². The molecule has 0 saturated carbocycles.